The first kappa shape index (κ1) is 17.7. The zero-order valence-corrected chi connectivity index (χ0v) is 11.8. The minimum absolute atomic E-state index is 0.0172. The van der Waals surface area contributed by atoms with Crippen molar-refractivity contribution in [2.24, 2.45) is 11.7 Å². The largest absolute Gasteiger partial charge is 0.391 e. The smallest absolute Gasteiger partial charge is 0.312 e. The summed E-state index contributed by atoms with van der Waals surface area (Å²) < 4.78 is 4.78. The molecule has 0 saturated carbocycles. The standard InChI is InChI=1S/C12H25N3O4/c1-4-8(2)10(15-12(13)18)11(17)14-6-5-9(16)7-19-3/h8-10,16H,4-7H2,1-3H3,(H,14,17)(H3,13,15,18). The first-order valence-electron chi connectivity index (χ1n) is 6.43. The summed E-state index contributed by atoms with van der Waals surface area (Å²) in [6.07, 6.45) is 0.519. The Bertz CT molecular complexity index is 286. The molecule has 0 bridgehead atoms. The number of amides is 3. The minimum Gasteiger partial charge on any atom is -0.391 e. The Labute approximate surface area is 113 Å². The van der Waals surface area contributed by atoms with Crippen LogP contribution in [0, 0.1) is 5.92 Å². The maximum atomic E-state index is 11.9. The van der Waals surface area contributed by atoms with Gasteiger partial charge in [-0.25, -0.2) is 4.79 Å². The molecule has 0 aliphatic carbocycles. The number of urea groups is 1. The van der Waals surface area contributed by atoms with Gasteiger partial charge in [0, 0.05) is 13.7 Å². The average molecular weight is 275 g/mol. The summed E-state index contributed by atoms with van der Waals surface area (Å²) in [7, 11) is 1.50. The molecular weight excluding hydrogens is 250 g/mol. The quantitative estimate of drug-likeness (QED) is 0.458. The SMILES string of the molecule is CCC(C)C(NC(N)=O)C(=O)NCCC(O)COC. The summed E-state index contributed by atoms with van der Waals surface area (Å²) in [5, 5.41) is 14.5. The molecular formula is C12H25N3O4. The van der Waals surface area contributed by atoms with E-state index in [-0.39, 0.29) is 18.4 Å². The van der Waals surface area contributed by atoms with Crippen LogP contribution in [0.4, 0.5) is 4.79 Å². The number of hydrogen-bond donors (Lipinski definition) is 4. The third-order valence-corrected chi connectivity index (χ3v) is 2.93. The van der Waals surface area contributed by atoms with E-state index >= 15 is 0 Å². The summed E-state index contributed by atoms with van der Waals surface area (Å²) >= 11 is 0. The average Bonchev–Trinajstić information content (AvgIpc) is 2.35. The third-order valence-electron chi connectivity index (χ3n) is 2.93. The van der Waals surface area contributed by atoms with E-state index in [0.717, 1.165) is 6.42 Å². The van der Waals surface area contributed by atoms with Gasteiger partial charge in [-0.2, -0.15) is 0 Å². The second kappa shape index (κ2) is 9.57. The lowest BCUT2D eigenvalue weighted by atomic mass is 9.98. The highest BCUT2D eigenvalue weighted by molar-refractivity contribution is 5.86. The highest BCUT2D eigenvalue weighted by Gasteiger charge is 2.24. The number of hydrogen-bond acceptors (Lipinski definition) is 4. The van der Waals surface area contributed by atoms with Gasteiger partial charge >= 0.3 is 6.03 Å². The van der Waals surface area contributed by atoms with Crippen molar-refractivity contribution in [3.8, 4) is 0 Å². The van der Waals surface area contributed by atoms with E-state index in [2.05, 4.69) is 10.6 Å². The Balaban J connectivity index is 4.21. The molecule has 0 saturated heterocycles. The van der Waals surface area contributed by atoms with Crippen LogP contribution < -0.4 is 16.4 Å². The molecule has 0 aromatic rings. The Morgan fingerprint density at radius 1 is 1.42 bits per heavy atom. The lowest BCUT2D eigenvalue weighted by Gasteiger charge is -2.22. The van der Waals surface area contributed by atoms with Gasteiger partial charge in [-0.3, -0.25) is 4.79 Å². The molecule has 3 atom stereocenters. The van der Waals surface area contributed by atoms with Crippen molar-refractivity contribution in [3.05, 3.63) is 0 Å². The van der Waals surface area contributed by atoms with Gasteiger partial charge in [0.2, 0.25) is 5.91 Å². The number of rotatable bonds is 9. The zero-order valence-electron chi connectivity index (χ0n) is 11.8. The number of aliphatic hydroxyl groups excluding tert-OH is 1. The highest BCUT2D eigenvalue weighted by Crippen LogP contribution is 2.07. The molecule has 0 fully saturated rings. The van der Waals surface area contributed by atoms with Crippen molar-refractivity contribution >= 4 is 11.9 Å². The van der Waals surface area contributed by atoms with Crippen molar-refractivity contribution in [1.29, 1.82) is 0 Å². The van der Waals surface area contributed by atoms with Gasteiger partial charge in [0.1, 0.15) is 6.04 Å². The van der Waals surface area contributed by atoms with Gasteiger partial charge in [-0.1, -0.05) is 20.3 Å². The fourth-order valence-electron chi connectivity index (χ4n) is 1.60. The van der Waals surface area contributed by atoms with Gasteiger partial charge < -0.3 is 26.2 Å². The van der Waals surface area contributed by atoms with Crippen LogP contribution in [-0.2, 0) is 9.53 Å². The normalized spacial score (nSPS) is 15.4. The number of nitrogens with two attached hydrogens (primary N) is 1. The number of nitrogens with one attached hydrogen (secondary N) is 2. The van der Waals surface area contributed by atoms with Gasteiger partial charge in [0.15, 0.2) is 0 Å². The summed E-state index contributed by atoms with van der Waals surface area (Å²) in [5.41, 5.74) is 5.05. The molecule has 3 amide bonds. The van der Waals surface area contributed by atoms with Crippen LogP contribution in [0.2, 0.25) is 0 Å². The monoisotopic (exact) mass is 275 g/mol. The summed E-state index contributed by atoms with van der Waals surface area (Å²) in [4.78, 5) is 22.8. The molecule has 112 valence electrons. The molecule has 0 spiro atoms. The lowest BCUT2D eigenvalue weighted by molar-refractivity contribution is -0.124. The van der Waals surface area contributed by atoms with Crippen molar-refractivity contribution in [3.63, 3.8) is 0 Å². The van der Waals surface area contributed by atoms with E-state index in [0.29, 0.717) is 13.0 Å². The summed E-state index contributed by atoms with van der Waals surface area (Å²) in [6.45, 7) is 4.33. The van der Waals surface area contributed by atoms with Gasteiger partial charge in [-0.05, 0) is 12.3 Å². The van der Waals surface area contributed by atoms with Crippen LogP contribution in [0.15, 0.2) is 0 Å². The molecule has 19 heavy (non-hydrogen) atoms. The Morgan fingerprint density at radius 2 is 2.05 bits per heavy atom. The van der Waals surface area contributed by atoms with Crippen molar-refractivity contribution in [1.82, 2.24) is 10.6 Å². The maximum absolute atomic E-state index is 11.9. The van der Waals surface area contributed by atoms with E-state index in [9.17, 15) is 14.7 Å². The Kier molecular flexibility index (Phi) is 8.90. The van der Waals surface area contributed by atoms with Crippen LogP contribution in [0.25, 0.3) is 0 Å². The number of ether oxygens (including phenoxy) is 1. The predicted molar refractivity (Wildman–Crippen MR) is 71.5 cm³/mol. The first-order chi connectivity index (χ1) is 8.92. The fourth-order valence-corrected chi connectivity index (χ4v) is 1.60. The predicted octanol–water partition coefficient (Wildman–Crippen LogP) is -0.417. The van der Waals surface area contributed by atoms with E-state index in [4.69, 9.17) is 10.5 Å². The second-order valence-corrected chi connectivity index (χ2v) is 4.56. The molecule has 0 radical (unpaired) electrons. The maximum Gasteiger partial charge on any atom is 0.312 e. The molecule has 3 unspecified atom stereocenters. The van der Waals surface area contributed by atoms with Crippen molar-refractivity contribution in [2.75, 3.05) is 20.3 Å². The topological polar surface area (TPSA) is 114 Å². The van der Waals surface area contributed by atoms with Crippen LogP contribution in [0.5, 0.6) is 0 Å². The van der Waals surface area contributed by atoms with Crippen LogP contribution in [0.1, 0.15) is 26.7 Å². The van der Waals surface area contributed by atoms with Gasteiger partial charge in [-0.15, -0.1) is 0 Å². The molecule has 0 heterocycles. The highest BCUT2D eigenvalue weighted by atomic mass is 16.5. The molecule has 0 aromatic carbocycles. The summed E-state index contributed by atoms with van der Waals surface area (Å²) in [5.74, 6) is -0.311. The number of primary amides is 1. The van der Waals surface area contributed by atoms with E-state index < -0.39 is 18.2 Å². The molecule has 0 aromatic heterocycles. The van der Waals surface area contributed by atoms with E-state index in [1.807, 2.05) is 13.8 Å². The van der Waals surface area contributed by atoms with Gasteiger partial charge in [0.25, 0.3) is 0 Å². The lowest BCUT2D eigenvalue weighted by Crippen LogP contribution is -2.52. The number of carbonyl (C=O) groups excluding carboxylic acids is 2. The van der Waals surface area contributed by atoms with Crippen LogP contribution >= 0.6 is 0 Å². The van der Waals surface area contributed by atoms with E-state index in [1.54, 1.807) is 0 Å². The fraction of sp³-hybridized carbons (Fsp3) is 0.833. The third kappa shape index (κ3) is 7.63. The van der Waals surface area contributed by atoms with Crippen molar-refractivity contribution in [2.45, 2.75) is 38.8 Å². The van der Waals surface area contributed by atoms with Crippen LogP contribution in [0.3, 0.4) is 0 Å². The molecule has 7 heteroatoms. The number of methoxy groups -OCH3 is 1. The van der Waals surface area contributed by atoms with E-state index in [1.165, 1.54) is 7.11 Å². The summed E-state index contributed by atoms with van der Waals surface area (Å²) in [6, 6.07) is -1.37. The molecule has 0 aliphatic heterocycles. The number of carbonyl (C=O) groups is 2. The van der Waals surface area contributed by atoms with Gasteiger partial charge in [0.05, 0.1) is 12.7 Å². The molecule has 7 nitrogen and oxygen atoms in total. The number of aliphatic hydroxyl groups is 1. The zero-order chi connectivity index (χ0) is 14.8. The molecule has 0 aliphatic rings. The Morgan fingerprint density at radius 3 is 2.53 bits per heavy atom. The Hall–Kier alpha value is -1.34. The first-order valence-corrected chi connectivity index (χ1v) is 6.43. The van der Waals surface area contributed by atoms with Crippen molar-refractivity contribution < 1.29 is 19.4 Å². The molecule has 5 N–H and O–H groups in total. The minimum atomic E-state index is -0.722. The second-order valence-electron chi connectivity index (χ2n) is 4.56. The molecule has 0 rings (SSSR count). The van der Waals surface area contributed by atoms with Crippen LogP contribution in [-0.4, -0.2) is 49.5 Å².